The number of rotatable bonds is 9. The number of fused-ring (bicyclic) bond motifs is 1. The topological polar surface area (TPSA) is 123 Å². The minimum Gasteiger partial charge on any atom is -0.258 e. The van der Waals surface area contributed by atoms with E-state index in [-0.39, 0.29) is 5.69 Å². The maximum atomic E-state index is 10.9. The maximum absolute atomic E-state index is 10.9. The smallest absolute Gasteiger partial charge is 0.258 e. The van der Waals surface area contributed by atoms with Crippen molar-refractivity contribution in [3.05, 3.63) is 118 Å². The number of nitro benzene ring substituents is 1. The molecule has 0 aliphatic heterocycles. The molecule has 1 N–H and O–H groups in total. The van der Waals surface area contributed by atoms with E-state index in [1.165, 1.54) is 29.5 Å². The van der Waals surface area contributed by atoms with Gasteiger partial charge >= 0.3 is 0 Å². The molecule has 0 radical (unpaired) electrons. The number of hydrogen-bond donors (Lipinski definition) is 1. The number of nitrogens with zero attached hydrogens (tertiary/aromatic N) is 6. The summed E-state index contributed by atoms with van der Waals surface area (Å²) in [6.45, 7) is 0. The Hall–Kier alpha value is -4.61. The molecule has 6 rings (SSSR count). The number of H-pyrrole nitrogens is 1. The highest BCUT2D eigenvalue weighted by Gasteiger charge is 2.12. The van der Waals surface area contributed by atoms with Gasteiger partial charge < -0.3 is 0 Å². The number of para-hydroxylation sites is 1. The van der Waals surface area contributed by atoms with E-state index in [1.807, 2.05) is 42.5 Å². The Bertz CT molecular complexity index is 1780. The Balaban J connectivity index is 1.18. The highest BCUT2D eigenvalue weighted by molar-refractivity contribution is 7.99. The number of non-ortho nitro benzene ring substituents is 1. The van der Waals surface area contributed by atoms with Crippen LogP contribution in [0.2, 0.25) is 0 Å². The highest BCUT2D eigenvalue weighted by atomic mass is 32.2. The van der Waals surface area contributed by atoms with Crippen molar-refractivity contribution >= 4 is 40.1 Å². The molecule has 2 aromatic heterocycles. The van der Waals surface area contributed by atoms with Crippen molar-refractivity contribution in [2.45, 2.75) is 21.7 Å². The van der Waals surface area contributed by atoms with E-state index in [0.717, 1.165) is 43.9 Å². The van der Waals surface area contributed by atoms with Crippen LogP contribution in [0.4, 0.5) is 5.69 Å². The summed E-state index contributed by atoms with van der Waals surface area (Å²) in [7, 11) is 0. The van der Waals surface area contributed by atoms with E-state index in [0.29, 0.717) is 16.7 Å². The second kappa shape index (κ2) is 11.6. The molecule has 9 nitrogen and oxygen atoms in total. The summed E-state index contributed by atoms with van der Waals surface area (Å²) >= 11 is 3.19. The van der Waals surface area contributed by atoms with Crippen LogP contribution in [-0.4, -0.2) is 35.5 Å². The van der Waals surface area contributed by atoms with Crippen LogP contribution in [0.15, 0.2) is 107 Å². The van der Waals surface area contributed by atoms with Crippen LogP contribution in [0.25, 0.3) is 33.4 Å². The first-order chi connectivity index (χ1) is 19.6. The van der Waals surface area contributed by atoms with Crippen LogP contribution in [0.1, 0.15) is 11.1 Å². The summed E-state index contributed by atoms with van der Waals surface area (Å²) in [5.74, 6) is 1.93. The summed E-state index contributed by atoms with van der Waals surface area (Å²) in [6, 6.07) is 31.1. The standard InChI is InChI=1S/C29H21N7O2S2/c37-36(38)22-15-11-20(12-16-22)18-40-29-30-26-8-4-3-7-25(26)28(31-29)39-17-19-9-13-21(14-10-19)23-5-1-2-6-24(23)27-32-34-35-33-27/h1-16H,17-18H2,(H,32,33,34,35). The quantitative estimate of drug-likeness (QED) is 0.0653. The van der Waals surface area contributed by atoms with E-state index < -0.39 is 4.92 Å². The molecule has 11 heteroatoms. The molecule has 4 aromatic carbocycles. The lowest BCUT2D eigenvalue weighted by Gasteiger charge is -2.10. The van der Waals surface area contributed by atoms with Gasteiger partial charge in [-0.1, -0.05) is 90.6 Å². The van der Waals surface area contributed by atoms with Crippen molar-refractivity contribution in [2.75, 3.05) is 0 Å². The van der Waals surface area contributed by atoms with Gasteiger partial charge in [-0.2, -0.15) is 5.21 Å². The first-order valence-electron chi connectivity index (χ1n) is 12.3. The third-order valence-corrected chi connectivity index (χ3v) is 8.20. The lowest BCUT2D eigenvalue weighted by atomic mass is 9.98. The molecule has 6 aromatic rings. The largest absolute Gasteiger partial charge is 0.269 e. The van der Waals surface area contributed by atoms with Crippen molar-refractivity contribution in [1.29, 1.82) is 0 Å². The fraction of sp³-hybridized carbons (Fsp3) is 0.0690. The SMILES string of the molecule is O=[N+]([O-])c1ccc(CSc2nc(SCc3ccc(-c4ccccc4-c4nn[nH]n4)cc3)c3ccccc3n2)cc1. The van der Waals surface area contributed by atoms with E-state index in [1.54, 1.807) is 23.9 Å². The van der Waals surface area contributed by atoms with E-state index in [4.69, 9.17) is 9.97 Å². The van der Waals surface area contributed by atoms with E-state index in [9.17, 15) is 10.1 Å². The number of hydrogen-bond acceptors (Lipinski definition) is 9. The average Bonchev–Trinajstić information content (AvgIpc) is 3.54. The molecule has 2 heterocycles. The molecule has 0 atom stereocenters. The average molecular weight is 564 g/mol. The monoisotopic (exact) mass is 563 g/mol. The molecule has 0 bridgehead atoms. The number of nitrogens with one attached hydrogen (secondary N) is 1. The van der Waals surface area contributed by atoms with Gasteiger partial charge in [0.05, 0.1) is 10.4 Å². The first-order valence-corrected chi connectivity index (χ1v) is 14.3. The zero-order valence-electron chi connectivity index (χ0n) is 21.0. The van der Waals surface area contributed by atoms with Crippen molar-refractivity contribution in [1.82, 2.24) is 30.6 Å². The fourth-order valence-corrected chi connectivity index (χ4v) is 6.04. The zero-order chi connectivity index (χ0) is 27.3. The summed E-state index contributed by atoms with van der Waals surface area (Å²) in [5.41, 5.74) is 6.16. The fourth-order valence-electron chi connectivity index (χ4n) is 4.20. The second-order valence-corrected chi connectivity index (χ2v) is 10.7. The summed E-state index contributed by atoms with van der Waals surface area (Å²) < 4.78 is 0. The minimum absolute atomic E-state index is 0.0820. The molecule has 0 saturated heterocycles. The van der Waals surface area contributed by atoms with Crippen molar-refractivity contribution < 1.29 is 4.92 Å². The lowest BCUT2D eigenvalue weighted by Crippen LogP contribution is -1.94. The predicted molar refractivity (Wildman–Crippen MR) is 157 cm³/mol. The molecule has 0 aliphatic carbocycles. The van der Waals surface area contributed by atoms with Crippen LogP contribution < -0.4 is 0 Å². The number of aromatic amines is 1. The van der Waals surface area contributed by atoms with Gasteiger partial charge in [-0.05, 0) is 33.5 Å². The third-order valence-electron chi connectivity index (χ3n) is 6.22. The van der Waals surface area contributed by atoms with Crippen molar-refractivity contribution in [3.8, 4) is 22.5 Å². The molecular formula is C29H21N7O2S2. The van der Waals surface area contributed by atoms with E-state index >= 15 is 0 Å². The number of aromatic nitrogens is 6. The minimum atomic E-state index is -0.393. The first kappa shape index (κ1) is 25.7. The van der Waals surface area contributed by atoms with Crippen LogP contribution >= 0.6 is 23.5 Å². The van der Waals surface area contributed by atoms with Gasteiger partial charge in [-0.15, -0.1) is 22.0 Å². The third kappa shape index (κ3) is 5.70. The van der Waals surface area contributed by atoms with Gasteiger partial charge in [0.25, 0.3) is 5.69 Å². The summed E-state index contributed by atoms with van der Waals surface area (Å²) in [6.07, 6.45) is 0. The number of benzene rings is 4. The lowest BCUT2D eigenvalue weighted by molar-refractivity contribution is -0.384. The molecule has 0 unspecified atom stereocenters. The van der Waals surface area contributed by atoms with E-state index in [2.05, 4.69) is 51.0 Å². The van der Waals surface area contributed by atoms with Crippen LogP contribution in [-0.2, 0) is 11.5 Å². The number of thioether (sulfide) groups is 2. The molecule has 0 aliphatic rings. The van der Waals surface area contributed by atoms with Gasteiger partial charge in [0, 0.05) is 34.6 Å². The molecule has 0 fully saturated rings. The van der Waals surface area contributed by atoms with Crippen LogP contribution in [0.5, 0.6) is 0 Å². The highest BCUT2D eigenvalue weighted by Crippen LogP contribution is 2.33. The number of tetrazole rings is 1. The van der Waals surface area contributed by atoms with Gasteiger partial charge in [0.2, 0.25) is 5.82 Å². The normalized spacial score (nSPS) is 11.1. The van der Waals surface area contributed by atoms with Crippen LogP contribution in [0, 0.1) is 10.1 Å². The number of nitro groups is 1. The summed E-state index contributed by atoms with van der Waals surface area (Å²) in [4.78, 5) is 20.1. The Morgan fingerprint density at radius 1 is 0.750 bits per heavy atom. The maximum Gasteiger partial charge on any atom is 0.269 e. The zero-order valence-corrected chi connectivity index (χ0v) is 22.6. The second-order valence-electron chi connectivity index (χ2n) is 8.81. The molecule has 0 spiro atoms. The van der Waals surface area contributed by atoms with Crippen molar-refractivity contribution in [3.63, 3.8) is 0 Å². The Kier molecular flexibility index (Phi) is 7.47. The Labute approximate surface area is 237 Å². The molecular weight excluding hydrogens is 543 g/mol. The van der Waals surface area contributed by atoms with Gasteiger partial charge in [0.15, 0.2) is 5.16 Å². The van der Waals surface area contributed by atoms with Gasteiger partial charge in [-0.25, -0.2) is 9.97 Å². The van der Waals surface area contributed by atoms with Crippen molar-refractivity contribution in [2.24, 2.45) is 0 Å². The molecule has 40 heavy (non-hydrogen) atoms. The Morgan fingerprint density at radius 3 is 2.15 bits per heavy atom. The van der Waals surface area contributed by atoms with Gasteiger partial charge in [-0.3, -0.25) is 10.1 Å². The molecule has 196 valence electrons. The van der Waals surface area contributed by atoms with Crippen LogP contribution in [0.3, 0.4) is 0 Å². The molecule has 0 saturated carbocycles. The molecule has 0 amide bonds. The summed E-state index contributed by atoms with van der Waals surface area (Å²) in [5, 5.41) is 28.0. The predicted octanol–water partition coefficient (Wildman–Crippen LogP) is 6.97. The Morgan fingerprint density at radius 2 is 1.43 bits per heavy atom. The van der Waals surface area contributed by atoms with Gasteiger partial charge in [0.1, 0.15) is 5.03 Å².